The van der Waals surface area contributed by atoms with Gasteiger partial charge in [0, 0.05) is 23.2 Å². The van der Waals surface area contributed by atoms with Gasteiger partial charge < -0.3 is 0 Å². The van der Waals surface area contributed by atoms with E-state index in [4.69, 9.17) is 9.97 Å². The summed E-state index contributed by atoms with van der Waals surface area (Å²) >= 11 is 0. The average Bonchev–Trinajstić information content (AvgIpc) is 3.33. The van der Waals surface area contributed by atoms with Gasteiger partial charge in [-0.15, -0.1) is 0 Å². The molecule has 32 heavy (non-hydrogen) atoms. The first-order valence-electron chi connectivity index (χ1n) is 10.9. The molecule has 5 rings (SSSR count). The number of nitrogens with zero attached hydrogens (tertiary/aromatic N) is 6. The monoisotopic (exact) mass is 424 g/mol. The molecule has 6 nitrogen and oxygen atoms in total. The van der Waals surface area contributed by atoms with Gasteiger partial charge in [0.25, 0.3) is 0 Å². The first kappa shape index (κ1) is 20.4. The molecule has 0 bridgehead atoms. The first-order valence-corrected chi connectivity index (χ1v) is 10.9. The van der Waals surface area contributed by atoms with Crippen molar-refractivity contribution in [2.24, 2.45) is 0 Å². The van der Waals surface area contributed by atoms with Gasteiger partial charge in [-0.2, -0.15) is 0 Å². The summed E-state index contributed by atoms with van der Waals surface area (Å²) in [6.45, 7) is 13.1. The van der Waals surface area contributed by atoms with E-state index in [2.05, 4.69) is 84.9 Å². The van der Waals surface area contributed by atoms with Crippen molar-refractivity contribution in [3.05, 3.63) is 72.6 Å². The highest BCUT2D eigenvalue weighted by atomic mass is 15.2. The van der Waals surface area contributed by atoms with E-state index in [1.54, 1.807) is 0 Å². The summed E-state index contributed by atoms with van der Waals surface area (Å²) in [5.41, 5.74) is 5.27. The highest BCUT2D eigenvalue weighted by Gasteiger charge is 2.26. The Bertz CT molecular complexity index is 1340. The van der Waals surface area contributed by atoms with Gasteiger partial charge >= 0.3 is 0 Å². The Kier molecular flexibility index (Phi) is 4.45. The smallest absolute Gasteiger partial charge is 0.164 e. The van der Waals surface area contributed by atoms with E-state index in [1.165, 1.54) is 0 Å². The van der Waals surface area contributed by atoms with Crippen LogP contribution in [0.25, 0.3) is 33.7 Å². The molecule has 162 valence electrons. The van der Waals surface area contributed by atoms with E-state index in [0.29, 0.717) is 0 Å². The molecule has 0 radical (unpaired) electrons. The molecule has 0 N–H and O–H groups in total. The molecule has 0 aliphatic rings. The maximum absolute atomic E-state index is 4.93. The fraction of sp³-hybridized carbons (Fsp3) is 0.308. The first-order chi connectivity index (χ1) is 15.1. The van der Waals surface area contributed by atoms with Gasteiger partial charge in [-0.3, -0.25) is 9.13 Å². The molecule has 0 aliphatic heterocycles. The molecule has 4 heterocycles. The lowest BCUT2D eigenvalue weighted by Gasteiger charge is -2.22. The van der Waals surface area contributed by atoms with Gasteiger partial charge in [-0.1, -0.05) is 47.6 Å². The van der Waals surface area contributed by atoms with Crippen molar-refractivity contribution >= 4 is 22.3 Å². The van der Waals surface area contributed by atoms with Crippen LogP contribution in [-0.2, 0) is 10.8 Å². The molecule has 4 aromatic heterocycles. The quantitative estimate of drug-likeness (QED) is 0.362. The molecule has 0 amide bonds. The summed E-state index contributed by atoms with van der Waals surface area (Å²) in [5.74, 6) is 1.96. The molecule has 5 aromatic rings. The molecule has 0 saturated heterocycles. The number of hydrogen-bond acceptors (Lipinski definition) is 4. The summed E-state index contributed by atoms with van der Waals surface area (Å²) in [6, 6.07) is 16.4. The van der Waals surface area contributed by atoms with E-state index >= 15 is 0 Å². The largest absolute Gasteiger partial charge is 0.280 e. The standard InChI is InChI=1S/C26H28N6/c1-25(2,3)23-29-19-12-8-14-27-21(19)31(23)17-10-7-11-18(16-17)32-22-20(13-9-15-28-22)30-24(32)26(4,5)6/h7-16H,1-6H3. The van der Waals surface area contributed by atoms with E-state index in [9.17, 15) is 0 Å². The van der Waals surface area contributed by atoms with Crippen molar-refractivity contribution in [3.63, 3.8) is 0 Å². The maximum atomic E-state index is 4.93. The minimum atomic E-state index is -0.142. The number of pyridine rings is 2. The number of benzene rings is 1. The lowest BCUT2D eigenvalue weighted by atomic mass is 9.95. The van der Waals surface area contributed by atoms with Crippen LogP contribution in [0.15, 0.2) is 60.9 Å². The number of hydrogen-bond donors (Lipinski definition) is 0. The maximum Gasteiger partial charge on any atom is 0.164 e. The van der Waals surface area contributed by atoms with Crippen LogP contribution in [0.5, 0.6) is 0 Å². The summed E-state index contributed by atoms with van der Waals surface area (Å²) in [5, 5.41) is 0. The number of aromatic nitrogens is 6. The van der Waals surface area contributed by atoms with Crippen LogP contribution < -0.4 is 0 Å². The van der Waals surface area contributed by atoms with Gasteiger partial charge in [0.2, 0.25) is 0 Å². The van der Waals surface area contributed by atoms with Crippen molar-refractivity contribution in [2.75, 3.05) is 0 Å². The molecule has 0 fully saturated rings. The Labute approximate surface area is 188 Å². The van der Waals surface area contributed by atoms with Gasteiger partial charge in [-0.05, 0) is 42.5 Å². The van der Waals surface area contributed by atoms with Gasteiger partial charge in [-0.25, -0.2) is 19.9 Å². The summed E-state index contributed by atoms with van der Waals surface area (Å²) < 4.78 is 4.34. The third-order valence-electron chi connectivity index (χ3n) is 5.52. The number of fused-ring (bicyclic) bond motifs is 2. The predicted molar refractivity (Wildman–Crippen MR) is 129 cm³/mol. The zero-order valence-corrected chi connectivity index (χ0v) is 19.5. The summed E-state index contributed by atoms with van der Waals surface area (Å²) in [6.07, 6.45) is 3.64. The van der Waals surface area contributed by atoms with Crippen LogP contribution in [0.1, 0.15) is 53.2 Å². The van der Waals surface area contributed by atoms with Crippen molar-refractivity contribution in [2.45, 2.75) is 52.4 Å². The van der Waals surface area contributed by atoms with E-state index in [-0.39, 0.29) is 10.8 Å². The van der Waals surface area contributed by atoms with E-state index < -0.39 is 0 Å². The molecular weight excluding hydrogens is 396 g/mol. The summed E-state index contributed by atoms with van der Waals surface area (Å²) in [4.78, 5) is 19.2. The Morgan fingerprint density at radius 3 is 1.44 bits per heavy atom. The highest BCUT2D eigenvalue weighted by molar-refractivity contribution is 5.76. The Hall–Kier alpha value is -3.54. The number of imidazole rings is 2. The molecule has 0 saturated carbocycles. The van der Waals surface area contributed by atoms with Gasteiger partial charge in [0.1, 0.15) is 22.7 Å². The van der Waals surface area contributed by atoms with E-state index in [0.717, 1.165) is 45.4 Å². The fourth-order valence-electron chi connectivity index (χ4n) is 4.09. The molecule has 0 atom stereocenters. The SMILES string of the molecule is CC(C)(C)c1nc2cccnc2n1-c1cccc(-n2c(C(C)(C)C)nc3cccnc32)c1. The van der Waals surface area contributed by atoms with Crippen LogP contribution in [0.4, 0.5) is 0 Å². The second-order valence-corrected chi connectivity index (χ2v) is 10.3. The molecule has 6 heteroatoms. The molecular formula is C26H28N6. The van der Waals surface area contributed by atoms with Crippen molar-refractivity contribution in [1.29, 1.82) is 0 Å². The Balaban J connectivity index is 1.79. The Morgan fingerprint density at radius 2 is 1.03 bits per heavy atom. The van der Waals surface area contributed by atoms with Crippen molar-refractivity contribution in [1.82, 2.24) is 29.1 Å². The zero-order valence-electron chi connectivity index (χ0n) is 19.5. The lowest BCUT2D eigenvalue weighted by molar-refractivity contribution is 0.537. The fourth-order valence-corrected chi connectivity index (χ4v) is 4.09. The summed E-state index contributed by atoms with van der Waals surface area (Å²) in [7, 11) is 0. The minimum absolute atomic E-state index is 0.142. The molecule has 0 unspecified atom stereocenters. The minimum Gasteiger partial charge on any atom is -0.280 e. The zero-order chi connectivity index (χ0) is 22.7. The Morgan fingerprint density at radius 1 is 0.594 bits per heavy atom. The van der Waals surface area contributed by atoms with Crippen LogP contribution >= 0.6 is 0 Å². The van der Waals surface area contributed by atoms with Crippen molar-refractivity contribution in [3.8, 4) is 11.4 Å². The van der Waals surface area contributed by atoms with Gasteiger partial charge in [0.05, 0.1) is 11.4 Å². The van der Waals surface area contributed by atoms with Crippen molar-refractivity contribution < 1.29 is 0 Å². The molecule has 1 aromatic carbocycles. The second kappa shape index (κ2) is 6.99. The normalized spacial score (nSPS) is 12.7. The van der Waals surface area contributed by atoms with Crippen LogP contribution in [-0.4, -0.2) is 29.1 Å². The lowest BCUT2D eigenvalue weighted by Crippen LogP contribution is -2.19. The number of rotatable bonds is 2. The highest BCUT2D eigenvalue weighted by Crippen LogP contribution is 2.32. The third kappa shape index (κ3) is 3.27. The second-order valence-electron chi connectivity index (χ2n) is 10.3. The van der Waals surface area contributed by atoms with Crippen LogP contribution in [0, 0.1) is 0 Å². The average molecular weight is 425 g/mol. The van der Waals surface area contributed by atoms with Crippen LogP contribution in [0.3, 0.4) is 0 Å². The van der Waals surface area contributed by atoms with Crippen LogP contribution in [0.2, 0.25) is 0 Å². The van der Waals surface area contributed by atoms with E-state index in [1.807, 2.05) is 36.7 Å². The van der Waals surface area contributed by atoms with Gasteiger partial charge in [0.15, 0.2) is 11.3 Å². The topological polar surface area (TPSA) is 61.4 Å². The molecule has 0 aliphatic carbocycles. The predicted octanol–water partition coefficient (Wildman–Crippen LogP) is 5.75. The molecule has 0 spiro atoms. The third-order valence-corrected chi connectivity index (χ3v) is 5.52.